The van der Waals surface area contributed by atoms with Gasteiger partial charge in [-0.25, -0.2) is 0 Å². The largest absolute Gasteiger partial charge is 0.321 e. The van der Waals surface area contributed by atoms with Crippen LogP contribution in [0.2, 0.25) is 0 Å². The van der Waals surface area contributed by atoms with Crippen molar-refractivity contribution in [2.75, 3.05) is 5.32 Å². The number of hydrogen-bond donors (Lipinski definition) is 2. The van der Waals surface area contributed by atoms with E-state index in [1.807, 2.05) is 13.0 Å². The number of benzene rings is 3. The van der Waals surface area contributed by atoms with Crippen molar-refractivity contribution >= 4 is 45.2 Å². The third-order valence-corrected chi connectivity index (χ3v) is 4.82. The number of nitro benzene ring substituents is 1. The fourth-order valence-electron chi connectivity index (χ4n) is 2.73. The predicted octanol–water partition coefficient (Wildman–Crippen LogP) is 5.08. The van der Waals surface area contributed by atoms with E-state index in [0.717, 1.165) is 10.0 Å². The zero-order chi connectivity index (χ0) is 22.4. The van der Waals surface area contributed by atoms with Gasteiger partial charge in [0.15, 0.2) is 0 Å². The quantitative estimate of drug-likeness (QED) is 0.292. The summed E-state index contributed by atoms with van der Waals surface area (Å²) >= 11 is 3.34. The average Bonchev–Trinajstić information content (AvgIpc) is 2.75. The molecule has 0 fully saturated rings. The van der Waals surface area contributed by atoms with E-state index in [1.54, 1.807) is 42.5 Å². The van der Waals surface area contributed by atoms with Crippen LogP contribution >= 0.6 is 15.9 Å². The molecule has 0 bridgehead atoms. The summed E-state index contributed by atoms with van der Waals surface area (Å²) in [6.07, 6.45) is 1.46. The first-order valence-corrected chi connectivity index (χ1v) is 10.0. The van der Waals surface area contributed by atoms with Crippen molar-refractivity contribution in [1.82, 2.24) is 5.32 Å². The van der Waals surface area contributed by atoms with Crippen LogP contribution in [0.3, 0.4) is 0 Å². The molecule has 156 valence electrons. The van der Waals surface area contributed by atoms with Crippen LogP contribution in [0.5, 0.6) is 0 Å². The van der Waals surface area contributed by atoms with E-state index in [-0.39, 0.29) is 11.4 Å². The molecule has 0 saturated heterocycles. The fraction of sp³-hybridized carbons (Fsp3) is 0.0435. The van der Waals surface area contributed by atoms with E-state index in [1.165, 1.54) is 30.3 Å². The van der Waals surface area contributed by atoms with Gasteiger partial charge in [0.25, 0.3) is 17.5 Å². The molecule has 0 spiro atoms. The Bertz CT molecular complexity index is 1160. The van der Waals surface area contributed by atoms with Gasteiger partial charge in [0, 0.05) is 27.9 Å². The highest BCUT2D eigenvalue weighted by molar-refractivity contribution is 9.10. The predicted molar refractivity (Wildman–Crippen MR) is 122 cm³/mol. The summed E-state index contributed by atoms with van der Waals surface area (Å²) in [7, 11) is 0. The van der Waals surface area contributed by atoms with Crippen LogP contribution in [0.25, 0.3) is 6.08 Å². The molecule has 8 heteroatoms. The topological polar surface area (TPSA) is 101 Å². The van der Waals surface area contributed by atoms with Crippen LogP contribution in [0, 0.1) is 17.0 Å². The minimum Gasteiger partial charge on any atom is -0.321 e. The normalized spacial score (nSPS) is 11.0. The van der Waals surface area contributed by atoms with Gasteiger partial charge in [-0.3, -0.25) is 19.7 Å². The maximum Gasteiger partial charge on any atom is 0.272 e. The van der Waals surface area contributed by atoms with Gasteiger partial charge in [-0.05, 0) is 67.1 Å². The van der Waals surface area contributed by atoms with Gasteiger partial charge >= 0.3 is 0 Å². The first-order valence-electron chi connectivity index (χ1n) is 9.23. The van der Waals surface area contributed by atoms with Crippen LogP contribution < -0.4 is 10.6 Å². The molecule has 31 heavy (non-hydrogen) atoms. The number of rotatable bonds is 6. The van der Waals surface area contributed by atoms with Crippen LogP contribution in [0.15, 0.2) is 83.0 Å². The highest BCUT2D eigenvalue weighted by Gasteiger charge is 2.16. The molecule has 3 rings (SSSR count). The van der Waals surface area contributed by atoms with Crippen molar-refractivity contribution in [3.8, 4) is 0 Å². The molecule has 7 nitrogen and oxygen atoms in total. The molecule has 3 aromatic carbocycles. The highest BCUT2D eigenvalue weighted by atomic mass is 79.9. The number of halogens is 1. The van der Waals surface area contributed by atoms with Gasteiger partial charge in [-0.15, -0.1) is 0 Å². The number of non-ortho nitro benzene ring substituents is 1. The number of nitrogens with one attached hydrogen (secondary N) is 2. The summed E-state index contributed by atoms with van der Waals surface area (Å²) < 4.78 is 0.861. The first kappa shape index (κ1) is 21.9. The highest BCUT2D eigenvalue weighted by Crippen LogP contribution is 2.17. The first-order chi connectivity index (χ1) is 14.8. The van der Waals surface area contributed by atoms with Crippen LogP contribution in [0.4, 0.5) is 11.4 Å². The Morgan fingerprint density at radius 1 is 1.00 bits per heavy atom. The molecule has 0 radical (unpaired) electrons. The SMILES string of the molecule is Cc1cccc(C(=O)N/C(=C\c2ccc([N+](=O)[O-])cc2)C(=O)Nc2ccc(Br)cc2)c1. The van der Waals surface area contributed by atoms with Gasteiger partial charge in [-0.2, -0.15) is 0 Å². The molecule has 0 atom stereocenters. The Kier molecular flexibility index (Phi) is 6.94. The van der Waals surface area contributed by atoms with Gasteiger partial charge in [0.2, 0.25) is 0 Å². The van der Waals surface area contributed by atoms with E-state index in [4.69, 9.17) is 0 Å². The summed E-state index contributed by atoms with van der Waals surface area (Å²) in [5.74, 6) is -0.968. The molecule has 0 aliphatic rings. The Morgan fingerprint density at radius 2 is 1.68 bits per heavy atom. The van der Waals surface area contributed by atoms with Crippen molar-refractivity contribution in [3.05, 3.63) is 110 Å². The molecule has 0 aliphatic carbocycles. The maximum absolute atomic E-state index is 12.9. The number of carbonyl (C=O) groups is 2. The lowest BCUT2D eigenvalue weighted by atomic mass is 10.1. The standard InChI is InChI=1S/C23H18BrN3O4/c1-15-3-2-4-17(13-15)22(28)26-21(14-16-5-11-20(12-6-16)27(30)31)23(29)25-19-9-7-18(24)8-10-19/h2-14H,1H3,(H,25,29)(H,26,28)/b21-14-. The fourth-order valence-corrected chi connectivity index (χ4v) is 2.99. The Labute approximate surface area is 187 Å². The third-order valence-electron chi connectivity index (χ3n) is 4.29. The molecular formula is C23H18BrN3O4. The number of aryl methyl sites for hydroxylation is 1. The average molecular weight is 480 g/mol. The van der Waals surface area contributed by atoms with Crippen LogP contribution in [0.1, 0.15) is 21.5 Å². The molecule has 0 aliphatic heterocycles. The third kappa shape index (κ3) is 6.10. The Morgan fingerprint density at radius 3 is 2.29 bits per heavy atom. The molecule has 0 aromatic heterocycles. The number of hydrogen-bond acceptors (Lipinski definition) is 4. The zero-order valence-corrected chi connectivity index (χ0v) is 18.0. The summed E-state index contributed by atoms with van der Waals surface area (Å²) in [5, 5.41) is 16.2. The van der Waals surface area contributed by atoms with Gasteiger partial charge in [0.1, 0.15) is 5.70 Å². The van der Waals surface area contributed by atoms with Gasteiger partial charge < -0.3 is 10.6 Å². The number of carbonyl (C=O) groups excluding carboxylic acids is 2. The van der Waals surface area contributed by atoms with Crippen molar-refractivity contribution in [3.63, 3.8) is 0 Å². The molecule has 0 unspecified atom stereocenters. The molecule has 2 amide bonds. The van der Waals surface area contributed by atoms with E-state index in [9.17, 15) is 19.7 Å². The second-order valence-electron chi connectivity index (χ2n) is 6.69. The second-order valence-corrected chi connectivity index (χ2v) is 7.61. The van der Waals surface area contributed by atoms with E-state index in [2.05, 4.69) is 26.6 Å². The smallest absolute Gasteiger partial charge is 0.272 e. The van der Waals surface area contributed by atoms with Crippen molar-refractivity contribution < 1.29 is 14.5 Å². The minimum atomic E-state index is -0.526. The number of anilines is 1. The van der Waals surface area contributed by atoms with Crippen LogP contribution in [-0.4, -0.2) is 16.7 Å². The van der Waals surface area contributed by atoms with Crippen molar-refractivity contribution in [1.29, 1.82) is 0 Å². The van der Waals surface area contributed by atoms with Gasteiger partial charge in [-0.1, -0.05) is 33.6 Å². The maximum atomic E-state index is 12.9. The number of nitrogens with zero attached hydrogens (tertiary/aromatic N) is 1. The number of nitro groups is 1. The van der Waals surface area contributed by atoms with E-state index < -0.39 is 16.7 Å². The van der Waals surface area contributed by atoms with E-state index in [0.29, 0.717) is 16.8 Å². The lowest BCUT2D eigenvalue weighted by molar-refractivity contribution is -0.384. The zero-order valence-electron chi connectivity index (χ0n) is 16.5. The second kappa shape index (κ2) is 9.82. The number of amides is 2. The summed E-state index contributed by atoms with van der Waals surface area (Å²) in [5.41, 5.74) is 2.33. The molecular weight excluding hydrogens is 462 g/mol. The van der Waals surface area contributed by atoms with Crippen molar-refractivity contribution in [2.24, 2.45) is 0 Å². The molecule has 0 saturated carbocycles. The molecule has 2 N–H and O–H groups in total. The molecule has 3 aromatic rings. The Hall–Kier alpha value is -3.78. The summed E-state index contributed by atoms with van der Waals surface area (Å²) in [4.78, 5) is 36.0. The lowest BCUT2D eigenvalue weighted by Gasteiger charge is -2.12. The Balaban J connectivity index is 1.90. The minimum absolute atomic E-state index is 0.00304. The molecule has 0 heterocycles. The van der Waals surface area contributed by atoms with Gasteiger partial charge in [0.05, 0.1) is 4.92 Å². The van der Waals surface area contributed by atoms with Crippen molar-refractivity contribution in [2.45, 2.75) is 6.92 Å². The monoisotopic (exact) mass is 479 g/mol. The summed E-state index contributed by atoms with van der Waals surface area (Å²) in [6.45, 7) is 1.87. The lowest BCUT2D eigenvalue weighted by Crippen LogP contribution is -2.30. The van der Waals surface area contributed by atoms with Crippen LogP contribution in [-0.2, 0) is 4.79 Å². The summed E-state index contributed by atoms with van der Waals surface area (Å²) in [6, 6.07) is 19.6. The van der Waals surface area contributed by atoms with E-state index >= 15 is 0 Å².